The molecule has 4 heteroatoms. The molecule has 0 amide bonds. The number of aliphatic hydroxyl groups is 1. The summed E-state index contributed by atoms with van der Waals surface area (Å²) in [5.74, 6) is 1.01. The van der Waals surface area contributed by atoms with Crippen LogP contribution in [0, 0.1) is 0 Å². The first kappa shape index (κ1) is 11.5. The van der Waals surface area contributed by atoms with Crippen LogP contribution in [0.3, 0.4) is 0 Å². The van der Waals surface area contributed by atoms with Crippen LogP contribution in [-0.2, 0) is 0 Å². The standard InChI is InChI=1S/C10H16N2OS/c1-11-9(8-13)4-7-14-10-2-5-12-6-3-10/h2-3,5-6,9,11,13H,4,7-8H2,1H3. The van der Waals surface area contributed by atoms with Gasteiger partial charge in [-0.2, -0.15) is 0 Å². The van der Waals surface area contributed by atoms with Crippen molar-refractivity contribution in [2.24, 2.45) is 0 Å². The van der Waals surface area contributed by atoms with Crippen molar-refractivity contribution in [2.45, 2.75) is 17.4 Å². The second kappa shape index (κ2) is 6.81. The lowest BCUT2D eigenvalue weighted by Crippen LogP contribution is -2.29. The molecule has 0 spiro atoms. The lowest BCUT2D eigenvalue weighted by atomic mass is 10.2. The van der Waals surface area contributed by atoms with Crippen molar-refractivity contribution in [2.75, 3.05) is 19.4 Å². The van der Waals surface area contributed by atoms with E-state index in [1.54, 1.807) is 24.2 Å². The highest BCUT2D eigenvalue weighted by molar-refractivity contribution is 7.99. The zero-order valence-electron chi connectivity index (χ0n) is 8.31. The Morgan fingerprint density at radius 3 is 2.79 bits per heavy atom. The Bertz CT molecular complexity index is 239. The van der Waals surface area contributed by atoms with Crippen molar-refractivity contribution in [3.8, 4) is 0 Å². The van der Waals surface area contributed by atoms with Gasteiger partial charge in [-0.3, -0.25) is 4.98 Å². The lowest BCUT2D eigenvalue weighted by Gasteiger charge is -2.11. The Labute approximate surface area is 88.9 Å². The van der Waals surface area contributed by atoms with E-state index < -0.39 is 0 Å². The molecule has 1 atom stereocenters. The molecular formula is C10H16N2OS. The number of rotatable bonds is 6. The maximum atomic E-state index is 8.94. The average molecular weight is 212 g/mol. The van der Waals surface area contributed by atoms with Gasteiger partial charge in [0.2, 0.25) is 0 Å². The Morgan fingerprint density at radius 1 is 1.50 bits per heavy atom. The summed E-state index contributed by atoms with van der Waals surface area (Å²) < 4.78 is 0. The van der Waals surface area contributed by atoms with Crippen LogP contribution >= 0.6 is 11.8 Å². The number of hydrogen-bond donors (Lipinski definition) is 2. The quantitative estimate of drug-likeness (QED) is 0.694. The molecule has 0 aliphatic rings. The summed E-state index contributed by atoms with van der Waals surface area (Å²) in [5, 5.41) is 12.0. The molecule has 0 bridgehead atoms. The predicted molar refractivity (Wildman–Crippen MR) is 59.5 cm³/mol. The number of likely N-dealkylation sites (N-methyl/N-ethyl adjacent to an activating group) is 1. The fourth-order valence-electron chi connectivity index (χ4n) is 1.08. The Kier molecular flexibility index (Phi) is 5.59. The molecule has 1 aromatic rings. The SMILES string of the molecule is CNC(CO)CCSc1ccncc1. The zero-order chi connectivity index (χ0) is 10.2. The second-order valence-corrected chi connectivity index (χ2v) is 4.16. The fraction of sp³-hybridized carbons (Fsp3) is 0.500. The zero-order valence-corrected chi connectivity index (χ0v) is 9.13. The average Bonchev–Trinajstić information content (AvgIpc) is 2.26. The van der Waals surface area contributed by atoms with E-state index in [-0.39, 0.29) is 12.6 Å². The highest BCUT2D eigenvalue weighted by Gasteiger charge is 2.03. The van der Waals surface area contributed by atoms with Gasteiger partial charge in [0.1, 0.15) is 0 Å². The molecule has 0 radical (unpaired) electrons. The predicted octanol–water partition coefficient (Wildman–Crippen LogP) is 1.14. The molecule has 0 aliphatic carbocycles. The molecule has 1 heterocycles. The molecular weight excluding hydrogens is 196 g/mol. The van der Waals surface area contributed by atoms with Gasteiger partial charge in [-0.25, -0.2) is 0 Å². The molecule has 3 nitrogen and oxygen atoms in total. The number of aliphatic hydroxyl groups excluding tert-OH is 1. The summed E-state index contributed by atoms with van der Waals surface area (Å²) in [5.41, 5.74) is 0. The Balaban J connectivity index is 2.21. The minimum absolute atomic E-state index is 0.202. The van der Waals surface area contributed by atoms with Gasteiger partial charge in [0.25, 0.3) is 0 Å². The largest absolute Gasteiger partial charge is 0.395 e. The van der Waals surface area contributed by atoms with E-state index in [1.165, 1.54) is 4.90 Å². The Morgan fingerprint density at radius 2 is 2.21 bits per heavy atom. The lowest BCUT2D eigenvalue weighted by molar-refractivity contribution is 0.246. The minimum atomic E-state index is 0.202. The van der Waals surface area contributed by atoms with Gasteiger partial charge >= 0.3 is 0 Å². The van der Waals surface area contributed by atoms with Crippen molar-refractivity contribution >= 4 is 11.8 Å². The summed E-state index contributed by atoms with van der Waals surface area (Å²) in [4.78, 5) is 5.18. The van der Waals surface area contributed by atoms with Crippen LogP contribution in [0.15, 0.2) is 29.4 Å². The molecule has 14 heavy (non-hydrogen) atoms. The third-order valence-corrected chi connectivity index (χ3v) is 3.06. The molecule has 0 aliphatic heterocycles. The third kappa shape index (κ3) is 4.09. The van der Waals surface area contributed by atoms with Crippen molar-refractivity contribution in [1.82, 2.24) is 10.3 Å². The van der Waals surface area contributed by atoms with Crippen molar-refractivity contribution in [1.29, 1.82) is 0 Å². The normalized spacial score (nSPS) is 12.7. The monoisotopic (exact) mass is 212 g/mol. The van der Waals surface area contributed by atoms with Crippen molar-refractivity contribution in [3.63, 3.8) is 0 Å². The van der Waals surface area contributed by atoms with Crippen LogP contribution in [0.4, 0.5) is 0 Å². The Hall–Kier alpha value is -0.580. The van der Waals surface area contributed by atoms with E-state index >= 15 is 0 Å². The first-order chi connectivity index (χ1) is 6.86. The fourth-order valence-corrected chi connectivity index (χ4v) is 2.03. The van der Waals surface area contributed by atoms with Crippen LogP contribution in [0.2, 0.25) is 0 Å². The maximum Gasteiger partial charge on any atom is 0.0584 e. The summed E-state index contributed by atoms with van der Waals surface area (Å²) in [7, 11) is 1.87. The van der Waals surface area contributed by atoms with Gasteiger partial charge in [0.05, 0.1) is 6.61 Å². The molecule has 0 fully saturated rings. The van der Waals surface area contributed by atoms with Gasteiger partial charge in [-0.1, -0.05) is 0 Å². The molecule has 0 aromatic carbocycles. The number of nitrogens with zero attached hydrogens (tertiary/aromatic N) is 1. The first-order valence-electron chi connectivity index (χ1n) is 4.67. The summed E-state index contributed by atoms with van der Waals surface area (Å²) in [6.45, 7) is 0.202. The van der Waals surface area contributed by atoms with Gasteiger partial charge in [0, 0.05) is 23.3 Å². The maximum absolute atomic E-state index is 8.94. The molecule has 0 saturated heterocycles. The number of hydrogen-bond acceptors (Lipinski definition) is 4. The van der Waals surface area contributed by atoms with Crippen LogP contribution in [0.25, 0.3) is 0 Å². The number of aromatic nitrogens is 1. The van der Waals surface area contributed by atoms with Crippen LogP contribution < -0.4 is 5.32 Å². The van der Waals surface area contributed by atoms with E-state index in [1.807, 2.05) is 19.2 Å². The van der Waals surface area contributed by atoms with E-state index in [2.05, 4.69) is 10.3 Å². The number of thioether (sulfide) groups is 1. The summed E-state index contributed by atoms with van der Waals surface area (Å²) >= 11 is 1.79. The number of nitrogens with one attached hydrogen (secondary N) is 1. The molecule has 2 N–H and O–H groups in total. The first-order valence-corrected chi connectivity index (χ1v) is 5.66. The van der Waals surface area contributed by atoms with E-state index in [9.17, 15) is 0 Å². The van der Waals surface area contributed by atoms with Crippen molar-refractivity contribution in [3.05, 3.63) is 24.5 Å². The second-order valence-electron chi connectivity index (χ2n) is 2.99. The highest BCUT2D eigenvalue weighted by Crippen LogP contribution is 2.17. The van der Waals surface area contributed by atoms with Crippen LogP contribution in [0.5, 0.6) is 0 Å². The van der Waals surface area contributed by atoms with E-state index in [0.717, 1.165) is 12.2 Å². The molecule has 1 unspecified atom stereocenters. The van der Waals surface area contributed by atoms with Gasteiger partial charge in [0.15, 0.2) is 0 Å². The molecule has 78 valence electrons. The van der Waals surface area contributed by atoms with Crippen LogP contribution in [-0.4, -0.2) is 35.5 Å². The number of pyridine rings is 1. The highest BCUT2D eigenvalue weighted by atomic mass is 32.2. The van der Waals surface area contributed by atoms with E-state index in [4.69, 9.17) is 5.11 Å². The minimum Gasteiger partial charge on any atom is -0.395 e. The van der Waals surface area contributed by atoms with E-state index in [0.29, 0.717) is 0 Å². The smallest absolute Gasteiger partial charge is 0.0584 e. The van der Waals surface area contributed by atoms with Gasteiger partial charge < -0.3 is 10.4 Å². The van der Waals surface area contributed by atoms with Crippen molar-refractivity contribution < 1.29 is 5.11 Å². The molecule has 1 aromatic heterocycles. The topological polar surface area (TPSA) is 45.1 Å². The van der Waals surface area contributed by atoms with Crippen LogP contribution in [0.1, 0.15) is 6.42 Å². The molecule has 1 rings (SSSR count). The summed E-state index contributed by atoms with van der Waals surface area (Å²) in [6.07, 6.45) is 4.56. The van der Waals surface area contributed by atoms with Gasteiger partial charge in [-0.15, -0.1) is 11.8 Å². The molecule has 0 saturated carbocycles. The van der Waals surface area contributed by atoms with Gasteiger partial charge in [-0.05, 0) is 31.4 Å². The summed E-state index contributed by atoms with van der Waals surface area (Å²) in [6, 6.07) is 4.21. The third-order valence-electron chi connectivity index (χ3n) is 2.01.